The molecule has 0 aromatic heterocycles. The maximum atomic E-state index is 12.9. The van der Waals surface area contributed by atoms with Crippen molar-refractivity contribution in [2.45, 2.75) is 88.9 Å². The fourth-order valence-electron chi connectivity index (χ4n) is 7.52. The van der Waals surface area contributed by atoms with Crippen LogP contribution < -0.4 is 9.47 Å². The van der Waals surface area contributed by atoms with Crippen LogP contribution in [0.4, 0.5) is 0 Å². The molecule has 2 aromatic rings. The predicted octanol–water partition coefficient (Wildman–Crippen LogP) is 4.70. The van der Waals surface area contributed by atoms with Gasteiger partial charge >= 0.3 is 7.82 Å². The fraction of sp³-hybridized carbons (Fsp3) is 0.556. The van der Waals surface area contributed by atoms with Crippen LogP contribution in [0.3, 0.4) is 0 Å². The molecule has 1 N–H and O–H groups in total. The summed E-state index contributed by atoms with van der Waals surface area (Å²) in [5, 5.41) is 19.1. The lowest BCUT2D eigenvalue weighted by atomic mass is 9.84. The first-order valence-electron chi connectivity index (χ1n) is 17.1. The van der Waals surface area contributed by atoms with Crippen molar-refractivity contribution in [2.75, 3.05) is 39.5 Å². The van der Waals surface area contributed by atoms with E-state index in [-0.39, 0.29) is 38.2 Å². The first-order valence-corrected chi connectivity index (χ1v) is 18.6. The van der Waals surface area contributed by atoms with Crippen LogP contribution in [0.25, 0.3) is 0 Å². The van der Waals surface area contributed by atoms with Crippen LogP contribution in [-0.4, -0.2) is 89.4 Å². The minimum Gasteiger partial charge on any atom is -0.485 e. The Morgan fingerprint density at radius 2 is 1.18 bits per heavy atom. The Balaban J connectivity index is 1.07. The first kappa shape index (κ1) is 36.8. The van der Waals surface area contributed by atoms with Crippen LogP contribution in [0.2, 0.25) is 0 Å². The highest BCUT2D eigenvalue weighted by Crippen LogP contribution is 2.48. The SMILES string of the molecule is CC1(C)Oc2ccc(C#N)cc2C(N2CCCC2=O)C1OCCOP(=O)(O)OCCOC1C(N2CCCC2=O)c2cc(C#N)ccc2OC1(C)C. The maximum absolute atomic E-state index is 12.9. The second-order valence-corrected chi connectivity index (χ2v) is 15.6. The van der Waals surface area contributed by atoms with Gasteiger partial charge in [-0.2, -0.15) is 10.5 Å². The van der Waals surface area contributed by atoms with E-state index < -0.39 is 43.3 Å². The molecular weight excluding hydrogens is 679 g/mol. The summed E-state index contributed by atoms with van der Waals surface area (Å²) in [6.45, 7) is 7.61. The van der Waals surface area contributed by atoms with Gasteiger partial charge in [0.2, 0.25) is 11.8 Å². The molecule has 4 atom stereocenters. The number of amides is 2. The zero-order valence-corrected chi connectivity index (χ0v) is 30.1. The molecule has 4 aliphatic heterocycles. The third-order valence-corrected chi connectivity index (χ3v) is 10.8. The van der Waals surface area contributed by atoms with Gasteiger partial charge in [-0.25, -0.2) is 4.57 Å². The van der Waals surface area contributed by atoms with Gasteiger partial charge in [-0.05, 0) is 76.9 Å². The smallest absolute Gasteiger partial charge is 0.472 e. The van der Waals surface area contributed by atoms with Crippen LogP contribution in [0, 0.1) is 22.7 Å². The Labute approximate surface area is 297 Å². The largest absolute Gasteiger partial charge is 0.485 e. The Morgan fingerprint density at radius 3 is 1.53 bits per heavy atom. The van der Waals surface area contributed by atoms with Gasteiger partial charge < -0.3 is 33.6 Å². The van der Waals surface area contributed by atoms with Gasteiger partial charge in [0.15, 0.2) is 0 Å². The van der Waals surface area contributed by atoms with Crippen molar-refractivity contribution in [3.63, 3.8) is 0 Å². The molecule has 0 saturated carbocycles. The molecule has 0 bridgehead atoms. The predicted molar refractivity (Wildman–Crippen MR) is 180 cm³/mol. The molecule has 0 radical (unpaired) electrons. The van der Waals surface area contributed by atoms with E-state index in [0.717, 1.165) is 0 Å². The summed E-state index contributed by atoms with van der Waals surface area (Å²) in [7, 11) is -4.54. The number of hydrogen-bond acceptors (Lipinski definition) is 11. The van der Waals surface area contributed by atoms with Crippen molar-refractivity contribution < 1.29 is 47.0 Å². The van der Waals surface area contributed by atoms with Crippen molar-refractivity contribution in [2.24, 2.45) is 0 Å². The first-order chi connectivity index (χ1) is 24.2. The minimum atomic E-state index is -4.54. The van der Waals surface area contributed by atoms with Crippen molar-refractivity contribution in [1.82, 2.24) is 9.80 Å². The third-order valence-electron chi connectivity index (χ3n) is 9.77. The highest BCUT2D eigenvalue weighted by atomic mass is 31.2. The van der Waals surface area contributed by atoms with E-state index in [1.807, 2.05) is 27.7 Å². The lowest BCUT2D eigenvalue weighted by Gasteiger charge is -2.47. The topological polar surface area (TPSA) is 181 Å². The molecule has 6 rings (SSSR count). The number of hydrogen-bond donors (Lipinski definition) is 1. The van der Waals surface area contributed by atoms with E-state index in [1.54, 1.807) is 46.2 Å². The van der Waals surface area contributed by atoms with Crippen molar-refractivity contribution >= 4 is 19.6 Å². The van der Waals surface area contributed by atoms with E-state index in [4.69, 9.17) is 28.0 Å². The number of nitriles is 2. The Hall–Kier alpha value is -4.01. The summed E-state index contributed by atoms with van der Waals surface area (Å²) in [4.78, 5) is 39.8. The van der Waals surface area contributed by atoms with Crippen LogP contribution in [0.1, 0.15) is 87.7 Å². The van der Waals surface area contributed by atoms with Gasteiger partial charge in [-0.3, -0.25) is 18.6 Å². The molecule has 51 heavy (non-hydrogen) atoms. The highest BCUT2D eigenvalue weighted by Gasteiger charge is 2.51. The number of fused-ring (bicyclic) bond motifs is 2. The summed E-state index contributed by atoms with van der Waals surface area (Å²) in [6, 6.07) is 13.4. The number of nitrogens with zero attached hydrogens (tertiary/aromatic N) is 4. The molecule has 272 valence electrons. The molecule has 2 amide bonds. The van der Waals surface area contributed by atoms with Crippen molar-refractivity contribution in [3.8, 4) is 23.6 Å². The van der Waals surface area contributed by atoms with Gasteiger partial charge in [0.25, 0.3) is 0 Å². The molecular formula is C36H43N4O10P. The van der Waals surface area contributed by atoms with Crippen molar-refractivity contribution in [3.05, 3.63) is 58.7 Å². The van der Waals surface area contributed by atoms with Gasteiger partial charge in [0.05, 0.1) is 61.8 Å². The van der Waals surface area contributed by atoms with Crippen LogP contribution in [0.5, 0.6) is 11.5 Å². The number of carbonyl (C=O) groups excluding carboxylic acids is 2. The number of benzene rings is 2. The van der Waals surface area contributed by atoms with Crippen LogP contribution in [0.15, 0.2) is 36.4 Å². The van der Waals surface area contributed by atoms with Crippen molar-refractivity contribution in [1.29, 1.82) is 10.5 Å². The zero-order chi connectivity index (χ0) is 36.6. The summed E-state index contributed by atoms with van der Waals surface area (Å²) in [5.41, 5.74) is 0.406. The second kappa shape index (κ2) is 14.5. The number of rotatable bonds is 12. The van der Waals surface area contributed by atoms with E-state index in [2.05, 4.69) is 12.1 Å². The third kappa shape index (κ3) is 7.63. The van der Waals surface area contributed by atoms with E-state index in [1.165, 1.54) is 0 Å². The van der Waals surface area contributed by atoms with E-state index >= 15 is 0 Å². The second-order valence-electron chi connectivity index (χ2n) is 14.1. The molecule has 2 fully saturated rings. The molecule has 4 aliphatic rings. The number of likely N-dealkylation sites (tertiary alicyclic amines) is 2. The molecule has 14 nitrogen and oxygen atoms in total. The van der Waals surface area contributed by atoms with E-state index in [9.17, 15) is 29.6 Å². The lowest BCUT2D eigenvalue weighted by molar-refractivity contribution is -0.150. The zero-order valence-electron chi connectivity index (χ0n) is 29.2. The van der Waals surface area contributed by atoms with E-state index in [0.29, 0.717) is 72.5 Å². The molecule has 2 saturated heterocycles. The quantitative estimate of drug-likeness (QED) is 0.236. The molecule has 4 unspecified atom stereocenters. The fourth-order valence-corrected chi connectivity index (χ4v) is 8.20. The van der Waals surface area contributed by atoms with Gasteiger partial charge in [-0.15, -0.1) is 0 Å². The Morgan fingerprint density at radius 1 is 0.765 bits per heavy atom. The van der Waals surface area contributed by atoms with Gasteiger partial charge in [0, 0.05) is 37.1 Å². The average Bonchev–Trinajstić information content (AvgIpc) is 3.71. The summed E-state index contributed by atoms with van der Waals surface area (Å²) in [6.07, 6.45) is 0.866. The number of phosphoric acid groups is 1. The van der Waals surface area contributed by atoms with Gasteiger partial charge in [0.1, 0.15) is 34.9 Å². The van der Waals surface area contributed by atoms with Crippen LogP contribution in [-0.2, 0) is 32.7 Å². The highest BCUT2D eigenvalue weighted by molar-refractivity contribution is 7.47. The summed E-state index contributed by atoms with van der Waals surface area (Å²) < 4.78 is 48.3. The lowest BCUT2D eigenvalue weighted by Crippen LogP contribution is -2.55. The molecule has 0 spiro atoms. The molecule has 0 aliphatic carbocycles. The standard InChI is InChI=1S/C36H43N4O10P/c1-35(2)33(31(39-13-5-7-29(39)41)25-19-23(21-37)9-11-27(25)49-35)45-15-17-47-51(43,44)48-18-16-46-34-32(40-14-6-8-30(40)42)26-20-24(22-38)10-12-28(26)50-36(34,3)4/h9-12,19-20,31-34H,5-8,13-18H2,1-4H3,(H,43,44). The Bertz CT molecular complexity index is 1680. The summed E-state index contributed by atoms with van der Waals surface area (Å²) in [5.74, 6) is 1.08. The Kier molecular flexibility index (Phi) is 10.5. The van der Waals surface area contributed by atoms with Gasteiger partial charge in [-0.1, -0.05) is 0 Å². The summed E-state index contributed by atoms with van der Waals surface area (Å²) >= 11 is 0. The molecule has 2 aromatic carbocycles. The number of carbonyl (C=O) groups is 2. The van der Waals surface area contributed by atoms with Crippen LogP contribution >= 0.6 is 7.82 Å². The molecule has 4 heterocycles. The maximum Gasteiger partial charge on any atom is 0.472 e. The number of ether oxygens (including phenoxy) is 4. The number of phosphoric ester groups is 1. The monoisotopic (exact) mass is 722 g/mol. The average molecular weight is 723 g/mol. The minimum absolute atomic E-state index is 0.0241. The normalized spacial score (nSPS) is 25.9. The molecule has 15 heteroatoms.